The monoisotopic (exact) mass is 324 g/mol. The maximum Gasteiger partial charge on any atom is 0.339 e. The molecule has 19 heavy (non-hydrogen) atoms. The summed E-state index contributed by atoms with van der Waals surface area (Å²) in [5.74, 6) is -1.13. The molecule has 1 N–H and O–H groups in total. The molecular weight excluding hydrogens is 315 g/mol. The molecular formula is C14H10BrFO3. The van der Waals surface area contributed by atoms with Crippen LogP contribution >= 0.6 is 15.9 Å². The highest BCUT2D eigenvalue weighted by molar-refractivity contribution is 9.10. The number of carboxylic acid groups (broad SMARTS) is 1. The fourth-order valence-electron chi connectivity index (χ4n) is 1.57. The lowest BCUT2D eigenvalue weighted by molar-refractivity contribution is 0.0694. The van der Waals surface area contributed by atoms with E-state index in [9.17, 15) is 9.18 Å². The van der Waals surface area contributed by atoms with Gasteiger partial charge in [0.1, 0.15) is 22.9 Å². The molecule has 0 unspecified atom stereocenters. The van der Waals surface area contributed by atoms with Crippen LogP contribution in [0, 0.1) is 12.7 Å². The Morgan fingerprint density at radius 1 is 1.26 bits per heavy atom. The van der Waals surface area contributed by atoms with E-state index >= 15 is 0 Å². The molecule has 0 saturated carbocycles. The molecule has 0 bridgehead atoms. The van der Waals surface area contributed by atoms with Crippen molar-refractivity contribution in [1.82, 2.24) is 0 Å². The van der Waals surface area contributed by atoms with Gasteiger partial charge in [-0.1, -0.05) is 11.6 Å². The van der Waals surface area contributed by atoms with Crippen LogP contribution in [0.2, 0.25) is 0 Å². The molecule has 2 rings (SSSR count). The molecule has 2 aromatic carbocycles. The van der Waals surface area contributed by atoms with E-state index in [4.69, 9.17) is 9.84 Å². The largest absolute Gasteiger partial charge is 0.478 e. The van der Waals surface area contributed by atoms with Gasteiger partial charge in [0, 0.05) is 6.07 Å². The number of carbonyl (C=O) groups is 1. The first-order chi connectivity index (χ1) is 8.97. The van der Waals surface area contributed by atoms with Crippen molar-refractivity contribution in [2.45, 2.75) is 6.92 Å². The molecule has 0 aliphatic carbocycles. The Hall–Kier alpha value is -1.88. The molecule has 0 spiro atoms. The molecule has 0 aliphatic heterocycles. The van der Waals surface area contributed by atoms with Gasteiger partial charge in [-0.3, -0.25) is 0 Å². The van der Waals surface area contributed by atoms with Gasteiger partial charge in [-0.2, -0.15) is 0 Å². The van der Waals surface area contributed by atoms with Crippen molar-refractivity contribution in [1.29, 1.82) is 0 Å². The molecule has 3 nitrogen and oxygen atoms in total. The van der Waals surface area contributed by atoms with Gasteiger partial charge in [0.05, 0.1) is 4.47 Å². The number of carboxylic acids is 1. The van der Waals surface area contributed by atoms with Crippen LogP contribution in [0.25, 0.3) is 0 Å². The molecule has 0 atom stereocenters. The van der Waals surface area contributed by atoms with Crippen molar-refractivity contribution < 1.29 is 19.0 Å². The molecule has 98 valence electrons. The smallest absolute Gasteiger partial charge is 0.339 e. The molecule has 5 heteroatoms. The second-order valence-corrected chi connectivity index (χ2v) is 4.84. The Balaban J connectivity index is 2.37. The minimum Gasteiger partial charge on any atom is -0.478 e. The normalized spacial score (nSPS) is 10.3. The molecule has 2 aromatic rings. The molecule has 0 saturated heterocycles. The molecule has 0 fully saturated rings. The molecule has 0 radical (unpaired) electrons. The minimum absolute atomic E-state index is 0.0447. The van der Waals surface area contributed by atoms with E-state index in [1.165, 1.54) is 18.2 Å². The summed E-state index contributed by atoms with van der Waals surface area (Å²) < 4.78 is 19.1. The van der Waals surface area contributed by atoms with Crippen LogP contribution < -0.4 is 4.74 Å². The lowest BCUT2D eigenvalue weighted by Crippen LogP contribution is -2.00. The predicted molar refractivity (Wildman–Crippen MR) is 72.3 cm³/mol. The fraction of sp³-hybridized carbons (Fsp3) is 0.0714. The molecule has 0 aliphatic rings. The van der Waals surface area contributed by atoms with Crippen LogP contribution in [-0.4, -0.2) is 11.1 Å². The van der Waals surface area contributed by atoms with E-state index in [2.05, 4.69) is 15.9 Å². The Bertz CT molecular complexity index is 641. The zero-order chi connectivity index (χ0) is 14.0. The number of rotatable bonds is 3. The van der Waals surface area contributed by atoms with E-state index in [0.29, 0.717) is 4.47 Å². The SMILES string of the molecule is Cc1ccc(Oc2ccc(Br)c(F)c2)c(C(=O)O)c1. The first-order valence-corrected chi connectivity index (χ1v) is 6.23. The summed E-state index contributed by atoms with van der Waals surface area (Å²) in [6.45, 7) is 1.79. The lowest BCUT2D eigenvalue weighted by atomic mass is 10.1. The van der Waals surface area contributed by atoms with Crippen molar-refractivity contribution >= 4 is 21.9 Å². The van der Waals surface area contributed by atoms with Gasteiger partial charge < -0.3 is 9.84 Å². The summed E-state index contributed by atoms with van der Waals surface area (Å²) in [5, 5.41) is 9.11. The first-order valence-electron chi connectivity index (χ1n) is 5.44. The van der Waals surface area contributed by atoms with Crippen molar-refractivity contribution in [2.75, 3.05) is 0 Å². The Labute approximate surface area is 117 Å². The minimum atomic E-state index is -1.09. The zero-order valence-corrected chi connectivity index (χ0v) is 11.6. The van der Waals surface area contributed by atoms with Gasteiger partial charge >= 0.3 is 5.97 Å². The summed E-state index contributed by atoms with van der Waals surface area (Å²) in [7, 11) is 0. The third-order valence-electron chi connectivity index (χ3n) is 2.48. The Morgan fingerprint density at radius 3 is 2.63 bits per heavy atom. The Kier molecular flexibility index (Phi) is 3.85. The number of halogens is 2. The maximum atomic E-state index is 13.4. The lowest BCUT2D eigenvalue weighted by Gasteiger charge is -2.09. The van der Waals surface area contributed by atoms with Crippen LogP contribution in [0.5, 0.6) is 11.5 Å². The van der Waals surface area contributed by atoms with Gasteiger partial charge in [0.15, 0.2) is 0 Å². The predicted octanol–water partition coefficient (Wildman–Crippen LogP) is 4.39. The van der Waals surface area contributed by atoms with Crippen molar-refractivity contribution in [3.63, 3.8) is 0 Å². The standard InChI is InChI=1S/C14H10BrFO3/c1-8-2-5-13(10(6-8)14(17)18)19-9-3-4-11(15)12(16)7-9/h2-7H,1H3,(H,17,18). The average molecular weight is 325 g/mol. The average Bonchev–Trinajstić information content (AvgIpc) is 2.36. The van der Waals surface area contributed by atoms with Crippen molar-refractivity contribution in [3.05, 3.63) is 57.8 Å². The zero-order valence-electron chi connectivity index (χ0n) is 9.98. The number of benzene rings is 2. The summed E-state index contributed by atoms with van der Waals surface area (Å²) >= 11 is 3.04. The topological polar surface area (TPSA) is 46.5 Å². The van der Waals surface area contributed by atoms with Crippen molar-refractivity contribution in [2.24, 2.45) is 0 Å². The molecule has 0 amide bonds. The van der Waals surface area contributed by atoms with E-state index in [1.807, 2.05) is 0 Å². The van der Waals surface area contributed by atoms with E-state index in [-0.39, 0.29) is 17.1 Å². The highest BCUT2D eigenvalue weighted by Gasteiger charge is 2.13. The number of ether oxygens (including phenoxy) is 1. The number of aromatic carboxylic acids is 1. The summed E-state index contributed by atoms with van der Waals surface area (Å²) in [6.07, 6.45) is 0. The Morgan fingerprint density at radius 2 is 2.00 bits per heavy atom. The summed E-state index contributed by atoms with van der Waals surface area (Å²) in [4.78, 5) is 11.1. The second kappa shape index (κ2) is 5.40. The number of hydrogen-bond acceptors (Lipinski definition) is 2. The van der Waals surface area contributed by atoms with Gasteiger partial charge in [-0.25, -0.2) is 9.18 Å². The fourth-order valence-corrected chi connectivity index (χ4v) is 1.81. The van der Waals surface area contributed by atoms with E-state index < -0.39 is 11.8 Å². The third kappa shape index (κ3) is 3.12. The third-order valence-corrected chi connectivity index (χ3v) is 3.13. The summed E-state index contributed by atoms with van der Waals surface area (Å²) in [5.41, 5.74) is 0.857. The second-order valence-electron chi connectivity index (χ2n) is 3.98. The quantitative estimate of drug-likeness (QED) is 0.910. The number of aryl methyl sites for hydroxylation is 1. The molecule has 0 heterocycles. The van der Waals surface area contributed by atoms with E-state index in [1.54, 1.807) is 25.1 Å². The molecule has 0 aromatic heterocycles. The van der Waals surface area contributed by atoms with E-state index in [0.717, 1.165) is 5.56 Å². The van der Waals surface area contributed by atoms with Gasteiger partial charge in [0.2, 0.25) is 0 Å². The van der Waals surface area contributed by atoms with Gasteiger partial charge in [-0.05, 0) is 47.1 Å². The van der Waals surface area contributed by atoms with Crippen LogP contribution in [0.4, 0.5) is 4.39 Å². The highest BCUT2D eigenvalue weighted by atomic mass is 79.9. The first kappa shape index (κ1) is 13.5. The highest BCUT2D eigenvalue weighted by Crippen LogP contribution is 2.28. The van der Waals surface area contributed by atoms with Crippen LogP contribution in [-0.2, 0) is 0 Å². The van der Waals surface area contributed by atoms with Crippen LogP contribution in [0.3, 0.4) is 0 Å². The van der Waals surface area contributed by atoms with Crippen LogP contribution in [0.15, 0.2) is 40.9 Å². The van der Waals surface area contributed by atoms with Gasteiger partial charge in [0.25, 0.3) is 0 Å². The van der Waals surface area contributed by atoms with Gasteiger partial charge in [-0.15, -0.1) is 0 Å². The van der Waals surface area contributed by atoms with Crippen LogP contribution in [0.1, 0.15) is 15.9 Å². The van der Waals surface area contributed by atoms with Crippen molar-refractivity contribution in [3.8, 4) is 11.5 Å². The summed E-state index contributed by atoms with van der Waals surface area (Å²) in [6, 6.07) is 9.04. The number of hydrogen-bond donors (Lipinski definition) is 1. The maximum absolute atomic E-state index is 13.4.